The summed E-state index contributed by atoms with van der Waals surface area (Å²) in [6.07, 6.45) is 3.45. The molecule has 5 rings (SSSR count). The number of hydrogen-bond acceptors (Lipinski definition) is 6. The average Bonchev–Trinajstić information content (AvgIpc) is 3.09. The van der Waals surface area contributed by atoms with Crippen molar-refractivity contribution in [2.45, 2.75) is 45.1 Å². The van der Waals surface area contributed by atoms with Crippen LogP contribution in [0.1, 0.15) is 47.8 Å². The van der Waals surface area contributed by atoms with Gasteiger partial charge in [0.1, 0.15) is 17.4 Å². The van der Waals surface area contributed by atoms with Crippen molar-refractivity contribution < 1.29 is 14.3 Å². The molecule has 3 aliphatic rings. The van der Waals surface area contributed by atoms with E-state index in [4.69, 9.17) is 14.7 Å². The Morgan fingerprint density at radius 2 is 1.97 bits per heavy atom. The Hall–Kier alpha value is -3.00. The predicted molar refractivity (Wildman–Crippen MR) is 124 cm³/mol. The molecule has 0 radical (unpaired) electrons. The molecule has 2 saturated heterocycles. The number of piperidine rings is 1. The van der Waals surface area contributed by atoms with Gasteiger partial charge in [0, 0.05) is 42.4 Å². The van der Waals surface area contributed by atoms with Crippen molar-refractivity contribution in [2.75, 3.05) is 44.7 Å². The Labute approximate surface area is 194 Å². The smallest absolute Gasteiger partial charge is 0.236 e. The maximum atomic E-state index is 12.9. The summed E-state index contributed by atoms with van der Waals surface area (Å²) in [6.45, 7) is 6.35. The number of aromatic nitrogens is 2. The minimum Gasteiger partial charge on any atom is -0.496 e. The van der Waals surface area contributed by atoms with E-state index in [0.29, 0.717) is 19.5 Å². The third kappa shape index (κ3) is 4.31. The molecule has 0 spiro atoms. The SMILES string of the molecule is COc1ccccc1CN1C(=O)Cc2c(C)nc([C@H]3CCCN(CC(=O)N4CCC4)C3)nc21. The molecule has 8 nitrogen and oxygen atoms in total. The van der Waals surface area contributed by atoms with E-state index < -0.39 is 0 Å². The van der Waals surface area contributed by atoms with E-state index in [2.05, 4.69) is 4.90 Å². The van der Waals surface area contributed by atoms with Crippen molar-refractivity contribution in [2.24, 2.45) is 0 Å². The van der Waals surface area contributed by atoms with Crippen LogP contribution in [0.5, 0.6) is 5.75 Å². The van der Waals surface area contributed by atoms with Crippen molar-refractivity contribution in [3.63, 3.8) is 0 Å². The predicted octanol–water partition coefficient (Wildman–Crippen LogP) is 2.29. The first-order valence-electron chi connectivity index (χ1n) is 11.8. The fourth-order valence-electron chi connectivity index (χ4n) is 5.01. The third-order valence-corrected chi connectivity index (χ3v) is 7.05. The number of benzene rings is 1. The topological polar surface area (TPSA) is 78.9 Å². The number of hydrogen-bond donors (Lipinski definition) is 0. The number of anilines is 1. The van der Waals surface area contributed by atoms with Crippen LogP contribution in [0.3, 0.4) is 0 Å². The van der Waals surface area contributed by atoms with Gasteiger partial charge in [-0.15, -0.1) is 0 Å². The molecule has 1 aromatic carbocycles. The highest BCUT2D eigenvalue weighted by Crippen LogP contribution is 2.34. The minimum atomic E-state index is 0.0378. The Bertz CT molecular complexity index is 1070. The lowest BCUT2D eigenvalue weighted by atomic mass is 9.96. The molecule has 174 valence electrons. The summed E-state index contributed by atoms with van der Waals surface area (Å²) in [5.41, 5.74) is 2.74. The average molecular weight is 450 g/mol. The van der Waals surface area contributed by atoms with Crippen LogP contribution < -0.4 is 9.64 Å². The van der Waals surface area contributed by atoms with Crippen LogP contribution in [0.2, 0.25) is 0 Å². The number of rotatable bonds is 6. The largest absolute Gasteiger partial charge is 0.496 e. The standard InChI is InChI=1S/C25H31N5O3/c1-17-20-13-22(31)30(15-18-7-3-4-9-21(18)33-2)25(20)27-24(26-17)19-8-5-10-28(14-19)16-23(32)29-11-6-12-29/h3-4,7,9,19H,5-6,8,10-16H2,1-2H3/t19-/m0/s1. The van der Waals surface area contributed by atoms with E-state index in [1.54, 1.807) is 12.0 Å². The van der Waals surface area contributed by atoms with Crippen LogP contribution >= 0.6 is 0 Å². The summed E-state index contributed by atoms with van der Waals surface area (Å²) in [4.78, 5) is 41.0. The van der Waals surface area contributed by atoms with Crippen LogP contribution in [0.15, 0.2) is 24.3 Å². The van der Waals surface area contributed by atoms with Crippen LogP contribution in [0, 0.1) is 6.92 Å². The molecule has 33 heavy (non-hydrogen) atoms. The van der Waals surface area contributed by atoms with Gasteiger partial charge < -0.3 is 9.64 Å². The lowest BCUT2D eigenvalue weighted by molar-refractivity contribution is -0.136. The quantitative estimate of drug-likeness (QED) is 0.673. The molecule has 1 atom stereocenters. The summed E-state index contributed by atoms with van der Waals surface area (Å²) in [5, 5.41) is 0. The van der Waals surface area contributed by atoms with Gasteiger partial charge in [0.15, 0.2) is 0 Å². The van der Waals surface area contributed by atoms with Gasteiger partial charge in [0.05, 0.1) is 26.6 Å². The summed E-state index contributed by atoms with van der Waals surface area (Å²) in [5.74, 6) is 2.70. The highest BCUT2D eigenvalue weighted by Gasteiger charge is 2.34. The normalized spacial score (nSPS) is 20.5. The zero-order chi connectivity index (χ0) is 22.9. The van der Waals surface area contributed by atoms with Crippen LogP contribution in [-0.4, -0.2) is 71.4 Å². The summed E-state index contributed by atoms with van der Waals surface area (Å²) in [7, 11) is 1.64. The monoisotopic (exact) mass is 449 g/mol. The van der Waals surface area contributed by atoms with E-state index in [0.717, 1.165) is 79.7 Å². The first kappa shape index (κ1) is 21.8. The molecular weight excluding hydrogens is 418 g/mol. The second-order valence-corrected chi connectivity index (χ2v) is 9.25. The molecule has 2 amide bonds. The number of ether oxygens (including phenoxy) is 1. The molecule has 8 heteroatoms. The fraction of sp³-hybridized carbons (Fsp3) is 0.520. The number of fused-ring (bicyclic) bond motifs is 1. The second kappa shape index (κ2) is 9.09. The van der Waals surface area contributed by atoms with Crippen molar-refractivity contribution in [1.82, 2.24) is 19.8 Å². The molecular formula is C25H31N5O3. The van der Waals surface area contributed by atoms with E-state index in [9.17, 15) is 9.59 Å². The molecule has 0 N–H and O–H groups in total. The number of methoxy groups -OCH3 is 1. The number of carbonyl (C=O) groups is 2. The first-order valence-corrected chi connectivity index (χ1v) is 11.8. The highest BCUT2D eigenvalue weighted by atomic mass is 16.5. The Balaban J connectivity index is 1.36. The van der Waals surface area contributed by atoms with E-state index in [1.807, 2.05) is 36.1 Å². The lowest BCUT2D eigenvalue weighted by Gasteiger charge is -2.36. The minimum absolute atomic E-state index is 0.0378. The van der Waals surface area contributed by atoms with Crippen molar-refractivity contribution in [3.8, 4) is 5.75 Å². The fourth-order valence-corrected chi connectivity index (χ4v) is 5.01. The van der Waals surface area contributed by atoms with Crippen LogP contribution in [0.25, 0.3) is 0 Å². The van der Waals surface area contributed by atoms with Gasteiger partial charge in [-0.3, -0.25) is 19.4 Å². The molecule has 3 aliphatic heterocycles. The maximum Gasteiger partial charge on any atom is 0.236 e. The van der Waals surface area contributed by atoms with E-state index >= 15 is 0 Å². The number of amides is 2. The van der Waals surface area contributed by atoms with Gasteiger partial charge in [-0.2, -0.15) is 0 Å². The Kier molecular flexibility index (Phi) is 6.01. The molecule has 0 unspecified atom stereocenters. The van der Waals surface area contributed by atoms with E-state index in [1.165, 1.54) is 0 Å². The van der Waals surface area contributed by atoms with Crippen molar-refractivity contribution in [1.29, 1.82) is 0 Å². The summed E-state index contributed by atoms with van der Waals surface area (Å²) in [6, 6.07) is 7.76. The third-order valence-electron chi connectivity index (χ3n) is 7.05. The number of nitrogens with zero attached hydrogens (tertiary/aromatic N) is 5. The van der Waals surface area contributed by atoms with Gasteiger partial charge >= 0.3 is 0 Å². The van der Waals surface area contributed by atoms with Crippen LogP contribution in [0.4, 0.5) is 5.82 Å². The molecule has 0 saturated carbocycles. The van der Waals surface area contributed by atoms with Crippen LogP contribution in [-0.2, 0) is 22.6 Å². The molecule has 2 aromatic rings. The van der Waals surface area contributed by atoms with Crippen molar-refractivity contribution >= 4 is 17.6 Å². The number of para-hydroxylation sites is 1. The molecule has 2 fully saturated rings. The zero-order valence-corrected chi connectivity index (χ0v) is 19.4. The number of aryl methyl sites for hydroxylation is 1. The van der Waals surface area contributed by atoms with Gasteiger partial charge in [-0.25, -0.2) is 9.97 Å². The summed E-state index contributed by atoms with van der Waals surface area (Å²) >= 11 is 0. The van der Waals surface area contributed by atoms with Gasteiger partial charge in [-0.05, 0) is 38.8 Å². The van der Waals surface area contributed by atoms with Gasteiger partial charge in [-0.1, -0.05) is 18.2 Å². The van der Waals surface area contributed by atoms with Gasteiger partial charge in [0.2, 0.25) is 11.8 Å². The van der Waals surface area contributed by atoms with Crippen molar-refractivity contribution in [3.05, 3.63) is 46.9 Å². The number of carbonyl (C=O) groups excluding carboxylic acids is 2. The Morgan fingerprint density at radius 1 is 1.15 bits per heavy atom. The molecule has 1 aromatic heterocycles. The second-order valence-electron chi connectivity index (χ2n) is 9.25. The summed E-state index contributed by atoms with van der Waals surface area (Å²) < 4.78 is 5.49. The lowest BCUT2D eigenvalue weighted by Crippen LogP contribution is -2.48. The Morgan fingerprint density at radius 3 is 2.73 bits per heavy atom. The first-order chi connectivity index (χ1) is 16.0. The molecule has 0 bridgehead atoms. The zero-order valence-electron chi connectivity index (χ0n) is 19.4. The maximum absolute atomic E-state index is 12.9. The molecule has 4 heterocycles. The van der Waals surface area contributed by atoms with E-state index in [-0.39, 0.29) is 17.7 Å². The molecule has 0 aliphatic carbocycles. The highest BCUT2D eigenvalue weighted by molar-refractivity contribution is 6.00. The van der Waals surface area contributed by atoms with Gasteiger partial charge in [0.25, 0.3) is 0 Å². The number of likely N-dealkylation sites (tertiary alicyclic amines) is 2.